The lowest BCUT2D eigenvalue weighted by molar-refractivity contribution is -0.138. The van der Waals surface area contributed by atoms with Crippen molar-refractivity contribution in [3.05, 3.63) is 24.0 Å². The number of aliphatic carboxylic acids is 1. The monoisotopic (exact) mass is 312 g/mol. The van der Waals surface area contributed by atoms with Crippen LogP contribution in [0.5, 0.6) is 0 Å². The first-order chi connectivity index (χ1) is 9.63. The van der Waals surface area contributed by atoms with Crippen LogP contribution in [0.2, 0.25) is 0 Å². The fraction of sp³-hybridized carbons (Fsp3) is 0.571. The van der Waals surface area contributed by atoms with E-state index < -0.39 is 21.5 Å². The number of aromatic nitrogens is 1. The van der Waals surface area contributed by atoms with Gasteiger partial charge in [-0.05, 0) is 44.7 Å². The maximum absolute atomic E-state index is 12.8. The topological polar surface area (TPSA) is 87.6 Å². The molecule has 21 heavy (non-hydrogen) atoms. The lowest BCUT2D eigenvalue weighted by Gasteiger charge is -2.30. The molecule has 1 aliphatic rings. The van der Waals surface area contributed by atoms with Crippen LogP contribution < -0.4 is 0 Å². The third kappa shape index (κ3) is 3.24. The number of rotatable bonds is 4. The Hall–Kier alpha value is -1.47. The second-order valence-corrected chi connectivity index (χ2v) is 8.08. The van der Waals surface area contributed by atoms with Crippen LogP contribution in [0.15, 0.2) is 23.4 Å². The van der Waals surface area contributed by atoms with Crippen molar-refractivity contribution in [3.8, 4) is 0 Å². The van der Waals surface area contributed by atoms with Crippen molar-refractivity contribution >= 4 is 16.0 Å². The van der Waals surface area contributed by atoms with Gasteiger partial charge in [-0.1, -0.05) is 0 Å². The van der Waals surface area contributed by atoms with E-state index in [2.05, 4.69) is 4.98 Å². The van der Waals surface area contributed by atoms with Crippen LogP contribution in [0.4, 0.5) is 0 Å². The number of nitrogens with zero attached hydrogens (tertiary/aromatic N) is 2. The van der Waals surface area contributed by atoms with Gasteiger partial charge in [0.05, 0.1) is 0 Å². The molecule has 0 aromatic carbocycles. The van der Waals surface area contributed by atoms with Crippen LogP contribution in [0, 0.1) is 12.8 Å². The lowest BCUT2D eigenvalue weighted by atomic mass is 9.95. The van der Waals surface area contributed by atoms with Crippen molar-refractivity contribution in [2.45, 2.75) is 44.0 Å². The van der Waals surface area contributed by atoms with Crippen molar-refractivity contribution in [3.63, 3.8) is 0 Å². The van der Waals surface area contributed by atoms with E-state index in [0.717, 1.165) is 5.56 Å². The Kier molecular flexibility index (Phi) is 4.08. The van der Waals surface area contributed by atoms with Crippen molar-refractivity contribution in [1.82, 2.24) is 9.29 Å². The number of carboxylic acids is 1. The summed E-state index contributed by atoms with van der Waals surface area (Å²) in [7, 11) is -3.66. The number of carbonyl (C=O) groups is 1. The van der Waals surface area contributed by atoms with Gasteiger partial charge in [-0.3, -0.25) is 9.78 Å². The summed E-state index contributed by atoms with van der Waals surface area (Å²) in [4.78, 5) is 15.0. The van der Waals surface area contributed by atoms with Crippen molar-refractivity contribution in [2.75, 3.05) is 6.54 Å². The Morgan fingerprint density at radius 1 is 1.48 bits per heavy atom. The minimum atomic E-state index is -3.66. The average Bonchev–Trinajstić information content (AvgIpc) is 2.63. The van der Waals surface area contributed by atoms with Crippen molar-refractivity contribution < 1.29 is 18.3 Å². The van der Waals surface area contributed by atoms with Gasteiger partial charge in [0, 0.05) is 30.9 Å². The average molecular weight is 312 g/mol. The SMILES string of the molecule is Cc1cncc(S(=O)(=O)N2CC(CC(=O)O)CC2(C)C)c1. The Labute approximate surface area is 124 Å². The molecule has 0 bridgehead atoms. The van der Waals surface area contributed by atoms with Gasteiger partial charge >= 0.3 is 5.97 Å². The van der Waals surface area contributed by atoms with E-state index in [4.69, 9.17) is 5.11 Å². The molecular weight excluding hydrogens is 292 g/mol. The number of carboxylic acid groups (broad SMARTS) is 1. The van der Waals surface area contributed by atoms with Crippen molar-refractivity contribution in [1.29, 1.82) is 0 Å². The van der Waals surface area contributed by atoms with Crippen LogP contribution in [-0.2, 0) is 14.8 Å². The summed E-state index contributed by atoms with van der Waals surface area (Å²) in [6.07, 6.45) is 3.46. The van der Waals surface area contributed by atoms with Gasteiger partial charge < -0.3 is 5.11 Å². The van der Waals surface area contributed by atoms with E-state index in [1.54, 1.807) is 19.2 Å². The molecule has 1 atom stereocenters. The highest BCUT2D eigenvalue weighted by atomic mass is 32.2. The molecule has 6 nitrogen and oxygen atoms in total. The molecule has 2 rings (SSSR count). The molecule has 1 fully saturated rings. The normalized spacial score (nSPS) is 22.3. The van der Waals surface area contributed by atoms with Gasteiger partial charge in [-0.15, -0.1) is 0 Å². The Balaban J connectivity index is 2.33. The molecule has 0 aliphatic carbocycles. The van der Waals surface area contributed by atoms with E-state index in [-0.39, 0.29) is 23.8 Å². The standard InChI is InChI=1S/C14H20N2O4S/c1-10-4-12(8-15-7-10)21(19,20)16-9-11(5-13(17)18)6-14(16,2)3/h4,7-8,11H,5-6,9H2,1-3H3,(H,17,18). The molecule has 1 aromatic heterocycles. The molecule has 1 N–H and O–H groups in total. The molecule has 116 valence electrons. The van der Waals surface area contributed by atoms with Gasteiger partial charge in [0.2, 0.25) is 10.0 Å². The first-order valence-corrected chi connectivity index (χ1v) is 8.23. The smallest absolute Gasteiger partial charge is 0.303 e. The van der Waals surface area contributed by atoms with E-state index in [9.17, 15) is 13.2 Å². The fourth-order valence-electron chi connectivity index (χ4n) is 2.96. The summed E-state index contributed by atoms with van der Waals surface area (Å²) in [6, 6.07) is 1.59. The second kappa shape index (κ2) is 5.38. The Morgan fingerprint density at radius 3 is 2.71 bits per heavy atom. The third-order valence-electron chi connectivity index (χ3n) is 3.79. The molecule has 7 heteroatoms. The van der Waals surface area contributed by atoms with E-state index in [1.165, 1.54) is 10.5 Å². The Bertz CT molecular complexity index is 655. The van der Waals surface area contributed by atoms with Gasteiger partial charge in [-0.2, -0.15) is 4.31 Å². The summed E-state index contributed by atoms with van der Waals surface area (Å²) < 4.78 is 27.0. The molecule has 2 heterocycles. The zero-order chi connectivity index (χ0) is 15.8. The zero-order valence-corrected chi connectivity index (χ0v) is 13.2. The second-order valence-electron chi connectivity index (χ2n) is 6.21. The third-order valence-corrected chi connectivity index (χ3v) is 5.83. The zero-order valence-electron chi connectivity index (χ0n) is 12.4. The fourth-order valence-corrected chi connectivity index (χ4v) is 4.87. The summed E-state index contributed by atoms with van der Waals surface area (Å²) in [6.45, 7) is 5.68. The summed E-state index contributed by atoms with van der Waals surface area (Å²) >= 11 is 0. The van der Waals surface area contributed by atoms with Crippen molar-refractivity contribution in [2.24, 2.45) is 5.92 Å². The molecule has 0 spiro atoms. The van der Waals surface area contributed by atoms with Gasteiger partial charge in [0.25, 0.3) is 0 Å². The maximum atomic E-state index is 12.8. The van der Waals surface area contributed by atoms with Crippen LogP contribution >= 0.6 is 0 Å². The minimum absolute atomic E-state index is 0.0124. The predicted molar refractivity (Wildman–Crippen MR) is 77.3 cm³/mol. The van der Waals surface area contributed by atoms with Crippen LogP contribution in [0.25, 0.3) is 0 Å². The molecule has 1 aliphatic heterocycles. The molecule has 0 amide bonds. The number of sulfonamides is 1. The number of hydrogen-bond acceptors (Lipinski definition) is 4. The number of aryl methyl sites for hydroxylation is 1. The molecule has 1 aromatic rings. The maximum Gasteiger partial charge on any atom is 0.303 e. The van der Waals surface area contributed by atoms with E-state index in [1.807, 2.05) is 13.8 Å². The highest BCUT2D eigenvalue weighted by Crippen LogP contribution is 2.38. The molecular formula is C14H20N2O4S. The molecule has 1 unspecified atom stereocenters. The van der Waals surface area contributed by atoms with Gasteiger partial charge in [-0.25, -0.2) is 8.42 Å². The molecule has 1 saturated heterocycles. The highest BCUT2D eigenvalue weighted by Gasteiger charge is 2.45. The largest absolute Gasteiger partial charge is 0.481 e. The van der Waals surface area contributed by atoms with E-state index in [0.29, 0.717) is 6.42 Å². The molecule has 0 radical (unpaired) electrons. The van der Waals surface area contributed by atoms with E-state index >= 15 is 0 Å². The Morgan fingerprint density at radius 2 is 2.14 bits per heavy atom. The van der Waals surface area contributed by atoms with Crippen LogP contribution in [-0.4, -0.2) is 40.9 Å². The minimum Gasteiger partial charge on any atom is -0.481 e. The molecule has 0 saturated carbocycles. The van der Waals surface area contributed by atoms with Gasteiger partial charge in [0.15, 0.2) is 0 Å². The van der Waals surface area contributed by atoms with Crippen LogP contribution in [0.3, 0.4) is 0 Å². The first-order valence-electron chi connectivity index (χ1n) is 6.79. The number of hydrogen-bond donors (Lipinski definition) is 1. The summed E-state index contributed by atoms with van der Waals surface area (Å²) in [5.41, 5.74) is 0.179. The summed E-state index contributed by atoms with van der Waals surface area (Å²) in [5.74, 6) is -1.06. The van der Waals surface area contributed by atoms with Gasteiger partial charge in [0.1, 0.15) is 4.90 Å². The predicted octanol–water partition coefficient (Wildman–Crippen LogP) is 1.65. The number of pyridine rings is 1. The lowest BCUT2D eigenvalue weighted by Crippen LogP contribution is -2.42. The first kappa shape index (κ1) is 15.9. The quantitative estimate of drug-likeness (QED) is 0.913. The van der Waals surface area contributed by atoms with Crippen LogP contribution in [0.1, 0.15) is 32.3 Å². The highest BCUT2D eigenvalue weighted by molar-refractivity contribution is 7.89. The summed E-state index contributed by atoms with van der Waals surface area (Å²) in [5, 5.41) is 8.91.